The molecule has 0 spiro atoms. The predicted octanol–water partition coefficient (Wildman–Crippen LogP) is 6.13. The molecule has 0 amide bonds. The number of ether oxygens (including phenoxy) is 2. The summed E-state index contributed by atoms with van der Waals surface area (Å²) in [6.07, 6.45) is 3.47. The topological polar surface area (TPSA) is 18.5 Å². The van der Waals surface area contributed by atoms with E-state index in [1.54, 1.807) is 6.07 Å². The van der Waals surface area contributed by atoms with Crippen molar-refractivity contribution >= 4 is 0 Å². The van der Waals surface area contributed by atoms with Crippen molar-refractivity contribution in [1.29, 1.82) is 0 Å². The molecule has 0 atom stereocenters. The molecule has 25 heavy (non-hydrogen) atoms. The van der Waals surface area contributed by atoms with Gasteiger partial charge in [0, 0.05) is 17.2 Å². The van der Waals surface area contributed by atoms with Crippen LogP contribution in [0.1, 0.15) is 39.5 Å². The molecule has 5 heteroatoms. The molecule has 2 rings (SSSR count). The Morgan fingerprint density at radius 1 is 0.760 bits per heavy atom. The standard InChI is InChI=1S/C20H23F3O2/c1-3-5-11-24-14-7-8-15(17(21)13-14)16-9-10-18(20(23)19(16)22)25-12-6-4-2/h7-10,13H,3-6,11-12H2,1-2H3. The van der Waals surface area contributed by atoms with Gasteiger partial charge in [-0.3, -0.25) is 0 Å². The van der Waals surface area contributed by atoms with Crippen molar-refractivity contribution in [3.8, 4) is 22.6 Å². The van der Waals surface area contributed by atoms with Gasteiger partial charge < -0.3 is 9.47 Å². The number of rotatable bonds is 9. The minimum atomic E-state index is -1.12. The molecular weight excluding hydrogens is 329 g/mol. The molecule has 0 saturated heterocycles. The van der Waals surface area contributed by atoms with E-state index < -0.39 is 17.5 Å². The van der Waals surface area contributed by atoms with Gasteiger partial charge >= 0.3 is 0 Å². The van der Waals surface area contributed by atoms with Crippen LogP contribution in [-0.4, -0.2) is 13.2 Å². The second-order valence-corrected chi connectivity index (χ2v) is 5.78. The van der Waals surface area contributed by atoms with Crippen LogP contribution in [0.5, 0.6) is 11.5 Å². The van der Waals surface area contributed by atoms with Crippen LogP contribution in [0.25, 0.3) is 11.1 Å². The van der Waals surface area contributed by atoms with Crippen LogP contribution in [0.15, 0.2) is 30.3 Å². The Morgan fingerprint density at radius 2 is 1.40 bits per heavy atom. The lowest BCUT2D eigenvalue weighted by atomic mass is 10.0. The third kappa shape index (κ3) is 4.91. The third-order valence-electron chi connectivity index (χ3n) is 3.80. The fourth-order valence-electron chi connectivity index (χ4n) is 2.32. The fourth-order valence-corrected chi connectivity index (χ4v) is 2.32. The summed E-state index contributed by atoms with van der Waals surface area (Å²) in [6.45, 7) is 4.80. The van der Waals surface area contributed by atoms with E-state index in [9.17, 15) is 13.2 Å². The zero-order chi connectivity index (χ0) is 18.2. The van der Waals surface area contributed by atoms with Crippen LogP contribution in [0, 0.1) is 17.5 Å². The van der Waals surface area contributed by atoms with Gasteiger partial charge in [0.05, 0.1) is 13.2 Å². The van der Waals surface area contributed by atoms with Crippen molar-refractivity contribution in [3.63, 3.8) is 0 Å². The Bertz CT molecular complexity index is 702. The van der Waals surface area contributed by atoms with E-state index >= 15 is 0 Å². The Balaban J connectivity index is 2.22. The van der Waals surface area contributed by atoms with Crippen molar-refractivity contribution in [2.75, 3.05) is 13.2 Å². The van der Waals surface area contributed by atoms with Gasteiger partial charge in [0.15, 0.2) is 11.6 Å². The number of benzene rings is 2. The van der Waals surface area contributed by atoms with Gasteiger partial charge in [-0.25, -0.2) is 8.78 Å². The fraction of sp³-hybridized carbons (Fsp3) is 0.400. The summed E-state index contributed by atoms with van der Waals surface area (Å²) in [5.74, 6) is -2.67. The highest BCUT2D eigenvalue weighted by Crippen LogP contribution is 2.32. The lowest BCUT2D eigenvalue weighted by Gasteiger charge is -2.12. The van der Waals surface area contributed by atoms with Crippen molar-refractivity contribution in [2.45, 2.75) is 39.5 Å². The molecule has 0 saturated carbocycles. The van der Waals surface area contributed by atoms with Crippen molar-refractivity contribution in [2.24, 2.45) is 0 Å². The van der Waals surface area contributed by atoms with E-state index in [1.807, 2.05) is 13.8 Å². The zero-order valence-corrected chi connectivity index (χ0v) is 14.6. The minimum absolute atomic E-state index is 0.0145. The van der Waals surface area contributed by atoms with E-state index in [0.29, 0.717) is 19.0 Å². The summed E-state index contributed by atoms with van der Waals surface area (Å²) >= 11 is 0. The van der Waals surface area contributed by atoms with Gasteiger partial charge in [0.25, 0.3) is 0 Å². The molecule has 0 N–H and O–H groups in total. The number of unbranched alkanes of at least 4 members (excludes halogenated alkanes) is 2. The number of hydrogen-bond acceptors (Lipinski definition) is 2. The van der Waals surface area contributed by atoms with Crippen molar-refractivity contribution < 1.29 is 22.6 Å². The van der Waals surface area contributed by atoms with Gasteiger partial charge in [0.2, 0.25) is 5.82 Å². The van der Waals surface area contributed by atoms with Gasteiger partial charge in [-0.05, 0) is 37.1 Å². The second kappa shape index (κ2) is 9.35. The summed E-state index contributed by atoms with van der Waals surface area (Å²) in [5, 5.41) is 0. The molecule has 0 bridgehead atoms. The molecule has 136 valence electrons. The quantitative estimate of drug-likeness (QED) is 0.506. The molecule has 0 aliphatic heterocycles. The molecule has 2 aromatic carbocycles. The zero-order valence-electron chi connectivity index (χ0n) is 14.6. The molecule has 2 nitrogen and oxygen atoms in total. The van der Waals surface area contributed by atoms with E-state index in [2.05, 4.69) is 0 Å². The Hall–Kier alpha value is -2.17. The lowest BCUT2D eigenvalue weighted by molar-refractivity contribution is 0.289. The number of hydrogen-bond donors (Lipinski definition) is 0. The number of halogens is 3. The normalized spacial score (nSPS) is 10.8. The SMILES string of the molecule is CCCCOc1ccc(-c2ccc(OCCCC)c(F)c2F)c(F)c1. The Labute approximate surface area is 146 Å². The van der Waals surface area contributed by atoms with Gasteiger partial charge in [-0.1, -0.05) is 26.7 Å². The maximum atomic E-state index is 14.3. The second-order valence-electron chi connectivity index (χ2n) is 5.78. The molecule has 0 aromatic heterocycles. The monoisotopic (exact) mass is 352 g/mol. The summed E-state index contributed by atoms with van der Waals surface area (Å²) in [5.41, 5.74) is -0.155. The molecular formula is C20H23F3O2. The first-order valence-corrected chi connectivity index (χ1v) is 8.62. The maximum Gasteiger partial charge on any atom is 0.201 e. The van der Waals surface area contributed by atoms with E-state index in [4.69, 9.17) is 9.47 Å². The van der Waals surface area contributed by atoms with Crippen molar-refractivity contribution in [1.82, 2.24) is 0 Å². The van der Waals surface area contributed by atoms with Crippen LogP contribution < -0.4 is 9.47 Å². The summed E-state index contributed by atoms with van der Waals surface area (Å²) in [6, 6.07) is 6.79. The maximum absolute atomic E-state index is 14.3. The summed E-state index contributed by atoms with van der Waals surface area (Å²) in [4.78, 5) is 0. The van der Waals surface area contributed by atoms with Crippen LogP contribution in [-0.2, 0) is 0 Å². The van der Waals surface area contributed by atoms with Gasteiger partial charge in [-0.15, -0.1) is 0 Å². The van der Waals surface area contributed by atoms with E-state index in [-0.39, 0.29) is 16.9 Å². The van der Waals surface area contributed by atoms with Crippen LogP contribution in [0.3, 0.4) is 0 Å². The van der Waals surface area contributed by atoms with Crippen molar-refractivity contribution in [3.05, 3.63) is 47.8 Å². The summed E-state index contributed by atoms with van der Waals surface area (Å²) < 4.78 is 53.4. The highest BCUT2D eigenvalue weighted by Gasteiger charge is 2.18. The molecule has 0 radical (unpaired) electrons. The first-order valence-electron chi connectivity index (χ1n) is 8.62. The average Bonchev–Trinajstić information content (AvgIpc) is 2.60. The molecule has 2 aromatic rings. The Kier molecular flexibility index (Phi) is 7.16. The van der Waals surface area contributed by atoms with Crippen LogP contribution in [0.2, 0.25) is 0 Å². The van der Waals surface area contributed by atoms with Crippen LogP contribution in [0.4, 0.5) is 13.2 Å². The molecule has 0 aliphatic rings. The Morgan fingerprint density at radius 3 is 2.04 bits per heavy atom. The highest BCUT2D eigenvalue weighted by atomic mass is 19.2. The summed E-state index contributed by atoms with van der Waals surface area (Å²) in [7, 11) is 0. The van der Waals surface area contributed by atoms with Gasteiger partial charge in [0.1, 0.15) is 11.6 Å². The minimum Gasteiger partial charge on any atom is -0.493 e. The van der Waals surface area contributed by atoms with E-state index in [0.717, 1.165) is 25.7 Å². The lowest BCUT2D eigenvalue weighted by Crippen LogP contribution is -2.02. The first-order chi connectivity index (χ1) is 12.1. The molecule has 0 heterocycles. The molecule has 0 aliphatic carbocycles. The third-order valence-corrected chi connectivity index (χ3v) is 3.80. The van der Waals surface area contributed by atoms with E-state index in [1.165, 1.54) is 24.3 Å². The average molecular weight is 352 g/mol. The smallest absolute Gasteiger partial charge is 0.201 e. The van der Waals surface area contributed by atoms with Gasteiger partial charge in [-0.2, -0.15) is 4.39 Å². The largest absolute Gasteiger partial charge is 0.493 e. The first kappa shape index (κ1) is 19.2. The highest BCUT2D eigenvalue weighted by molar-refractivity contribution is 5.66. The molecule has 0 fully saturated rings. The predicted molar refractivity (Wildman–Crippen MR) is 92.6 cm³/mol. The van der Waals surface area contributed by atoms with Crippen LogP contribution >= 0.6 is 0 Å². The molecule has 0 unspecified atom stereocenters.